The van der Waals surface area contributed by atoms with Gasteiger partial charge in [-0.05, 0) is 109 Å². The fourth-order valence-corrected chi connectivity index (χ4v) is 8.10. The highest BCUT2D eigenvalue weighted by atomic mass is 19.4. The Morgan fingerprint density at radius 2 is 1.05 bits per heavy atom. The van der Waals surface area contributed by atoms with E-state index in [4.69, 9.17) is 6.57 Å². The van der Waals surface area contributed by atoms with E-state index in [0.29, 0.717) is 66.7 Å². The van der Waals surface area contributed by atoms with E-state index in [0.717, 1.165) is 51.6 Å². The Hall–Kier alpha value is -6.79. The van der Waals surface area contributed by atoms with Crippen molar-refractivity contribution in [3.8, 4) is 33.6 Å². The molecular weight excluding hydrogens is 721 g/mol. The zero-order valence-electron chi connectivity index (χ0n) is 29.9. The maximum absolute atomic E-state index is 14.0. The number of aryl methyl sites for hydroxylation is 2. The second-order valence-corrected chi connectivity index (χ2v) is 14.0. The number of para-hydroxylation sites is 2. The molecule has 0 bridgehead atoms. The zero-order chi connectivity index (χ0) is 39.1. The van der Waals surface area contributed by atoms with E-state index in [9.17, 15) is 26.3 Å². The van der Waals surface area contributed by atoms with Crippen molar-refractivity contribution in [3.05, 3.63) is 173 Å². The Bertz CT molecular complexity index is 3100. The Morgan fingerprint density at radius 3 is 1.70 bits per heavy atom. The first-order valence-electron chi connectivity index (χ1n) is 17.8. The van der Waals surface area contributed by atoms with Gasteiger partial charge >= 0.3 is 12.4 Å². The lowest BCUT2D eigenvalue weighted by Gasteiger charge is -2.21. The molecule has 2 heterocycles. The number of rotatable bonds is 4. The van der Waals surface area contributed by atoms with Gasteiger partial charge in [0.2, 0.25) is 0 Å². The monoisotopic (exact) mass is 749 g/mol. The molecule has 9 aromatic rings. The molecule has 0 aliphatic heterocycles. The molecule has 0 amide bonds. The second-order valence-electron chi connectivity index (χ2n) is 14.0. The lowest BCUT2D eigenvalue weighted by Crippen LogP contribution is -2.05. The maximum atomic E-state index is 14.0. The molecule has 9 heteroatoms. The molecule has 0 atom stereocenters. The molecule has 0 fully saturated rings. The molecule has 7 aromatic carbocycles. The molecule has 56 heavy (non-hydrogen) atoms. The van der Waals surface area contributed by atoms with Crippen LogP contribution in [-0.4, -0.2) is 9.13 Å². The van der Waals surface area contributed by atoms with Crippen LogP contribution in [0.2, 0.25) is 0 Å². The van der Waals surface area contributed by atoms with Crippen molar-refractivity contribution in [2.75, 3.05) is 0 Å². The van der Waals surface area contributed by atoms with Gasteiger partial charge in [-0.1, -0.05) is 72.3 Å². The summed E-state index contributed by atoms with van der Waals surface area (Å²) in [5.74, 6) is 0. The van der Waals surface area contributed by atoms with Gasteiger partial charge in [-0.3, -0.25) is 0 Å². The summed E-state index contributed by atoms with van der Waals surface area (Å²) in [5.41, 5.74) is 6.88. The molecule has 2 aromatic heterocycles. The average Bonchev–Trinajstić information content (AvgIpc) is 3.68. The van der Waals surface area contributed by atoms with Crippen LogP contribution in [0.5, 0.6) is 0 Å². The zero-order valence-corrected chi connectivity index (χ0v) is 29.9. The van der Waals surface area contributed by atoms with Crippen LogP contribution in [0.1, 0.15) is 22.3 Å². The van der Waals surface area contributed by atoms with Crippen molar-refractivity contribution in [1.82, 2.24) is 9.13 Å². The summed E-state index contributed by atoms with van der Waals surface area (Å²) in [6, 6.07) is 39.8. The largest absolute Gasteiger partial charge is 0.416 e. The van der Waals surface area contributed by atoms with Crippen LogP contribution in [-0.2, 0) is 12.4 Å². The van der Waals surface area contributed by atoms with Crippen LogP contribution in [0, 0.1) is 20.4 Å². The minimum Gasteiger partial charge on any atom is -0.310 e. The summed E-state index contributed by atoms with van der Waals surface area (Å²) in [5, 5.41) is 3.05. The third kappa shape index (κ3) is 5.51. The standard InChI is InChI=1S/C47H29F6N3/c1-27-15-20-41-35(23-27)33-9-4-6-12-39(33)55(41)43-21-16-29(32-19-17-30(24-28(32)2)46(48,49)50)25-37(43)45-38(54-3)11-8-14-44(45)56-40-13-7-5-10-34(40)36-26-31(47(51,52)53)18-22-42(36)56/h4-26H,1-2H3. The Kier molecular flexibility index (Phi) is 7.89. The third-order valence-corrected chi connectivity index (χ3v) is 10.6. The Morgan fingerprint density at radius 1 is 0.482 bits per heavy atom. The quantitative estimate of drug-likeness (QED) is 0.126. The molecule has 0 saturated heterocycles. The predicted octanol–water partition coefficient (Wildman–Crippen LogP) is 14.4. The lowest BCUT2D eigenvalue weighted by molar-refractivity contribution is -0.138. The number of hydrogen-bond acceptors (Lipinski definition) is 0. The summed E-state index contributed by atoms with van der Waals surface area (Å²) < 4.78 is 87.4. The highest BCUT2D eigenvalue weighted by Crippen LogP contribution is 2.47. The molecule has 0 aliphatic carbocycles. The van der Waals surface area contributed by atoms with Gasteiger partial charge in [-0.25, -0.2) is 4.85 Å². The topological polar surface area (TPSA) is 14.2 Å². The van der Waals surface area contributed by atoms with Gasteiger partial charge in [0.05, 0.1) is 45.5 Å². The van der Waals surface area contributed by atoms with E-state index < -0.39 is 23.5 Å². The van der Waals surface area contributed by atoms with Gasteiger partial charge in [-0.15, -0.1) is 0 Å². The molecular formula is C47H29F6N3. The van der Waals surface area contributed by atoms with Crippen LogP contribution in [0.4, 0.5) is 32.0 Å². The third-order valence-electron chi connectivity index (χ3n) is 10.6. The van der Waals surface area contributed by atoms with Gasteiger partial charge < -0.3 is 9.13 Å². The van der Waals surface area contributed by atoms with Gasteiger partial charge in [0.1, 0.15) is 0 Å². The number of aromatic nitrogens is 2. The molecule has 0 saturated carbocycles. The minimum atomic E-state index is -4.56. The maximum Gasteiger partial charge on any atom is 0.416 e. The average molecular weight is 750 g/mol. The minimum absolute atomic E-state index is 0.291. The molecule has 0 N–H and O–H groups in total. The van der Waals surface area contributed by atoms with E-state index in [2.05, 4.69) is 27.6 Å². The van der Waals surface area contributed by atoms with Crippen molar-refractivity contribution in [2.24, 2.45) is 0 Å². The van der Waals surface area contributed by atoms with E-state index in [1.54, 1.807) is 31.2 Å². The normalized spacial score (nSPS) is 12.3. The Labute approximate surface area is 317 Å². The van der Waals surface area contributed by atoms with Crippen LogP contribution in [0.15, 0.2) is 140 Å². The molecule has 274 valence electrons. The Balaban J connectivity index is 1.41. The SMILES string of the molecule is [C-]#[N+]c1cccc(-n2c3ccccc3c3cc(C(F)(F)F)ccc32)c1-c1cc(-c2ccc(C(F)(F)F)cc2C)ccc1-n1c2ccccc2c2cc(C)ccc21. The van der Waals surface area contributed by atoms with Crippen molar-refractivity contribution in [3.63, 3.8) is 0 Å². The van der Waals surface area contributed by atoms with Gasteiger partial charge in [0.25, 0.3) is 0 Å². The van der Waals surface area contributed by atoms with E-state index in [1.807, 2.05) is 72.2 Å². The van der Waals surface area contributed by atoms with Crippen molar-refractivity contribution in [2.45, 2.75) is 26.2 Å². The van der Waals surface area contributed by atoms with Crippen molar-refractivity contribution >= 4 is 49.3 Å². The van der Waals surface area contributed by atoms with Crippen molar-refractivity contribution in [1.29, 1.82) is 0 Å². The number of alkyl halides is 6. The molecule has 0 unspecified atom stereocenters. The summed E-state index contributed by atoms with van der Waals surface area (Å²) in [6.45, 7) is 12.1. The van der Waals surface area contributed by atoms with E-state index in [1.165, 1.54) is 12.1 Å². The number of halogens is 6. The van der Waals surface area contributed by atoms with Crippen LogP contribution < -0.4 is 0 Å². The second kappa shape index (κ2) is 12.6. The molecule has 0 radical (unpaired) electrons. The number of fused-ring (bicyclic) bond motifs is 6. The summed E-state index contributed by atoms with van der Waals surface area (Å²) in [6.07, 6.45) is -9.07. The van der Waals surface area contributed by atoms with E-state index >= 15 is 0 Å². The van der Waals surface area contributed by atoms with E-state index in [-0.39, 0.29) is 0 Å². The predicted molar refractivity (Wildman–Crippen MR) is 212 cm³/mol. The van der Waals surface area contributed by atoms with Crippen LogP contribution >= 0.6 is 0 Å². The summed E-state index contributed by atoms with van der Waals surface area (Å²) in [7, 11) is 0. The first-order chi connectivity index (χ1) is 26.8. The summed E-state index contributed by atoms with van der Waals surface area (Å²) in [4.78, 5) is 3.99. The fraction of sp³-hybridized carbons (Fsp3) is 0.0851. The van der Waals surface area contributed by atoms with Gasteiger partial charge in [-0.2, -0.15) is 26.3 Å². The molecule has 3 nitrogen and oxygen atoms in total. The first-order valence-corrected chi connectivity index (χ1v) is 17.8. The molecule has 9 rings (SSSR count). The number of benzene rings is 7. The number of hydrogen-bond donors (Lipinski definition) is 0. The summed E-state index contributed by atoms with van der Waals surface area (Å²) >= 11 is 0. The van der Waals surface area contributed by atoms with Crippen LogP contribution in [0.3, 0.4) is 0 Å². The molecule has 0 aliphatic rings. The van der Waals surface area contributed by atoms with Gasteiger partial charge in [0, 0.05) is 32.8 Å². The van der Waals surface area contributed by atoms with Crippen molar-refractivity contribution < 1.29 is 26.3 Å². The first kappa shape index (κ1) is 34.9. The highest BCUT2D eigenvalue weighted by molar-refractivity contribution is 6.12. The lowest BCUT2D eigenvalue weighted by atomic mass is 9.92. The highest BCUT2D eigenvalue weighted by Gasteiger charge is 2.32. The smallest absolute Gasteiger partial charge is 0.310 e. The molecule has 0 spiro atoms. The fourth-order valence-electron chi connectivity index (χ4n) is 8.10. The number of nitrogens with zero attached hydrogens (tertiary/aromatic N) is 3. The van der Waals surface area contributed by atoms with Gasteiger partial charge in [0.15, 0.2) is 5.69 Å². The van der Waals surface area contributed by atoms with Crippen LogP contribution in [0.25, 0.3) is 82.1 Å².